The smallest absolute Gasteiger partial charge is 0.329 e. The van der Waals surface area contributed by atoms with E-state index in [2.05, 4.69) is 14.7 Å². The van der Waals surface area contributed by atoms with E-state index in [1.165, 1.54) is 5.06 Å². The lowest BCUT2D eigenvalue weighted by Crippen LogP contribution is -2.35. The van der Waals surface area contributed by atoms with Gasteiger partial charge in [0, 0.05) is 11.5 Å². The van der Waals surface area contributed by atoms with Crippen molar-refractivity contribution in [1.82, 2.24) is 15.2 Å². The molecule has 0 N–H and O–H groups in total. The number of nitrogens with zero attached hydrogens (tertiary/aromatic N) is 3. The van der Waals surface area contributed by atoms with Crippen LogP contribution in [-0.4, -0.2) is 27.7 Å². The molecule has 1 heterocycles. The third kappa shape index (κ3) is 4.89. The molecule has 0 bridgehead atoms. The summed E-state index contributed by atoms with van der Waals surface area (Å²) >= 11 is 0. The average molecular weight is 397 g/mol. The molecule has 0 spiro atoms. The van der Waals surface area contributed by atoms with Gasteiger partial charge in [0.1, 0.15) is 0 Å². The van der Waals surface area contributed by atoms with Crippen molar-refractivity contribution >= 4 is 5.91 Å². The lowest BCUT2D eigenvalue weighted by Gasteiger charge is -2.24. The van der Waals surface area contributed by atoms with Crippen LogP contribution in [0.3, 0.4) is 0 Å². The first-order chi connectivity index (χ1) is 13.4. The van der Waals surface area contributed by atoms with E-state index >= 15 is 0 Å². The van der Waals surface area contributed by atoms with Crippen molar-refractivity contribution in [1.29, 1.82) is 0 Å². The van der Waals surface area contributed by atoms with Crippen molar-refractivity contribution < 1.29 is 27.3 Å². The molecule has 0 saturated heterocycles. The van der Waals surface area contributed by atoms with E-state index in [1.807, 2.05) is 6.92 Å². The van der Waals surface area contributed by atoms with E-state index < -0.39 is 12.1 Å². The number of rotatable bonds is 7. The lowest BCUT2D eigenvalue weighted by molar-refractivity contribution is -0.194. The average Bonchev–Trinajstić information content (AvgIpc) is 3.36. The quantitative estimate of drug-likeness (QED) is 0.638. The molecule has 1 aromatic carbocycles. The Morgan fingerprint density at radius 3 is 2.50 bits per heavy atom. The van der Waals surface area contributed by atoms with Crippen LogP contribution in [0.25, 0.3) is 11.4 Å². The number of aromatic nitrogens is 2. The number of alkyl halides is 3. The molecule has 0 unspecified atom stereocenters. The number of hydroxylamine groups is 2. The SMILES string of the molecule is CCCON(Cc1ccc(-c2noc(C(F)(F)F)n2)cc1)C(=O)C1CCCC1. The van der Waals surface area contributed by atoms with E-state index in [-0.39, 0.29) is 24.2 Å². The molecule has 0 radical (unpaired) electrons. The second-order valence-corrected chi connectivity index (χ2v) is 6.81. The van der Waals surface area contributed by atoms with Gasteiger partial charge in [-0.1, -0.05) is 49.2 Å². The van der Waals surface area contributed by atoms with Crippen molar-refractivity contribution in [2.24, 2.45) is 5.92 Å². The van der Waals surface area contributed by atoms with Gasteiger partial charge in [-0.15, -0.1) is 0 Å². The van der Waals surface area contributed by atoms with Gasteiger partial charge < -0.3 is 4.52 Å². The zero-order valence-electron chi connectivity index (χ0n) is 15.5. The van der Waals surface area contributed by atoms with Crippen LogP contribution in [0.15, 0.2) is 28.8 Å². The zero-order chi connectivity index (χ0) is 20.1. The van der Waals surface area contributed by atoms with Crippen LogP contribution in [0.1, 0.15) is 50.5 Å². The largest absolute Gasteiger partial charge is 0.471 e. The van der Waals surface area contributed by atoms with Crippen molar-refractivity contribution in [3.05, 3.63) is 35.7 Å². The molecule has 2 aromatic rings. The molecule has 3 rings (SSSR count). The van der Waals surface area contributed by atoms with E-state index in [4.69, 9.17) is 4.84 Å². The number of carbonyl (C=O) groups is 1. The second-order valence-electron chi connectivity index (χ2n) is 6.81. The Hall–Kier alpha value is -2.42. The molecule has 1 amide bonds. The maximum absolute atomic E-state index is 12.7. The summed E-state index contributed by atoms with van der Waals surface area (Å²) in [6.07, 6.45) is -0.0312. The minimum absolute atomic E-state index is 0.00347. The molecule has 1 saturated carbocycles. The van der Waals surface area contributed by atoms with Crippen LogP contribution in [0.4, 0.5) is 13.2 Å². The third-order valence-corrected chi connectivity index (χ3v) is 4.61. The van der Waals surface area contributed by atoms with Crippen LogP contribution in [0, 0.1) is 5.92 Å². The molecule has 1 aliphatic rings. The molecular formula is C19H22F3N3O3. The van der Waals surface area contributed by atoms with Crippen molar-refractivity contribution in [3.63, 3.8) is 0 Å². The molecule has 6 nitrogen and oxygen atoms in total. The summed E-state index contributed by atoms with van der Waals surface area (Å²) in [5.74, 6) is -1.54. The Labute approximate surface area is 160 Å². The molecule has 152 valence electrons. The predicted octanol–water partition coefficient (Wildman–Crippen LogP) is 4.62. The number of amides is 1. The van der Waals surface area contributed by atoms with E-state index in [1.54, 1.807) is 24.3 Å². The summed E-state index contributed by atoms with van der Waals surface area (Å²) in [6, 6.07) is 6.61. The van der Waals surface area contributed by atoms with Gasteiger partial charge in [-0.05, 0) is 24.8 Å². The normalized spacial score (nSPS) is 15.1. The summed E-state index contributed by atoms with van der Waals surface area (Å²) in [7, 11) is 0. The Morgan fingerprint density at radius 1 is 1.25 bits per heavy atom. The van der Waals surface area contributed by atoms with Gasteiger partial charge in [-0.3, -0.25) is 9.63 Å². The maximum Gasteiger partial charge on any atom is 0.471 e. The van der Waals surface area contributed by atoms with Crippen molar-refractivity contribution in [2.45, 2.75) is 51.7 Å². The van der Waals surface area contributed by atoms with Gasteiger partial charge in [0.25, 0.3) is 0 Å². The minimum atomic E-state index is -4.68. The van der Waals surface area contributed by atoms with Crippen LogP contribution in [-0.2, 0) is 22.4 Å². The molecular weight excluding hydrogens is 375 g/mol. The van der Waals surface area contributed by atoms with Gasteiger partial charge in [-0.25, -0.2) is 5.06 Å². The molecule has 1 fully saturated rings. The highest BCUT2D eigenvalue weighted by Crippen LogP contribution is 2.30. The van der Waals surface area contributed by atoms with Gasteiger partial charge in [0.05, 0.1) is 13.2 Å². The van der Waals surface area contributed by atoms with Crippen LogP contribution >= 0.6 is 0 Å². The highest BCUT2D eigenvalue weighted by Gasteiger charge is 2.38. The molecule has 1 aromatic heterocycles. The summed E-state index contributed by atoms with van der Waals surface area (Å²) in [6.45, 7) is 2.68. The fraction of sp³-hybridized carbons (Fsp3) is 0.526. The highest BCUT2D eigenvalue weighted by molar-refractivity contribution is 5.78. The molecule has 1 aliphatic carbocycles. The van der Waals surface area contributed by atoms with Crippen molar-refractivity contribution in [2.75, 3.05) is 6.61 Å². The monoisotopic (exact) mass is 397 g/mol. The number of carbonyl (C=O) groups excluding carboxylic acids is 1. The van der Waals surface area contributed by atoms with Gasteiger partial charge in [0.15, 0.2) is 0 Å². The molecule has 28 heavy (non-hydrogen) atoms. The van der Waals surface area contributed by atoms with E-state index in [9.17, 15) is 18.0 Å². The van der Waals surface area contributed by atoms with E-state index in [0.29, 0.717) is 12.2 Å². The first kappa shape index (κ1) is 20.3. The number of halogens is 3. The highest BCUT2D eigenvalue weighted by atomic mass is 19.4. The maximum atomic E-state index is 12.7. The Bertz CT molecular complexity index is 784. The number of benzene rings is 1. The fourth-order valence-corrected chi connectivity index (χ4v) is 3.15. The fourth-order valence-electron chi connectivity index (χ4n) is 3.15. The molecule has 9 heteroatoms. The lowest BCUT2D eigenvalue weighted by atomic mass is 10.1. The first-order valence-corrected chi connectivity index (χ1v) is 9.33. The molecule has 0 aliphatic heterocycles. The summed E-state index contributed by atoms with van der Waals surface area (Å²) < 4.78 is 42.0. The van der Waals surface area contributed by atoms with Gasteiger partial charge in [-0.2, -0.15) is 18.2 Å². The molecule has 0 atom stereocenters. The summed E-state index contributed by atoms with van der Waals surface area (Å²) in [4.78, 5) is 21.7. The van der Waals surface area contributed by atoms with Crippen LogP contribution < -0.4 is 0 Å². The van der Waals surface area contributed by atoms with Gasteiger partial charge in [0.2, 0.25) is 11.7 Å². The summed E-state index contributed by atoms with van der Waals surface area (Å²) in [5.41, 5.74) is 1.19. The van der Waals surface area contributed by atoms with E-state index in [0.717, 1.165) is 37.7 Å². The third-order valence-electron chi connectivity index (χ3n) is 4.61. The predicted molar refractivity (Wildman–Crippen MR) is 93.5 cm³/mol. The van der Waals surface area contributed by atoms with Crippen LogP contribution in [0.5, 0.6) is 0 Å². The van der Waals surface area contributed by atoms with Gasteiger partial charge >= 0.3 is 12.1 Å². The van der Waals surface area contributed by atoms with Crippen LogP contribution in [0.2, 0.25) is 0 Å². The zero-order valence-corrected chi connectivity index (χ0v) is 15.5. The number of hydrogen-bond donors (Lipinski definition) is 0. The minimum Gasteiger partial charge on any atom is -0.329 e. The Balaban J connectivity index is 1.70. The Kier molecular flexibility index (Phi) is 6.33. The summed E-state index contributed by atoms with van der Waals surface area (Å²) in [5, 5.41) is 4.78. The standard InChI is InChI=1S/C19H22F3N3O3/c1-2-11-27-25(17(26)15-5-3-4-6-15)12-13-7-9-14(10-8-13)16-23-18(28-24-16)19(20,21)22/h7-10,15H,2-6,11-12H2,1H3. The second kappa shape index (κ2) is 8.72. The number of hydrogen-bond acceptors (Lipinski definition) is 5. The Morgan fingerprint density at radius 2 is 1.93 bits per heavy atom. The van der Waals surface area contributed by atoms with Crippen molar-refractivity contribution in [3.8, 4) is 11.4 Å². The topological polar surface area (TPSA) is 68.5 Å². The first-order valence-electron chi connectivity index (χ1n) is 9.33.